The normalized spacial score (nSPS) is 12.0. The highest BCUT2D eigenvalue weighted by atomic mass is 35.5. The summed E-state index contributed by atoms with van der Waals surface area (Å²) < 4.78 is 5.23. The van der Waals surface area contributed by atoms with Crippen molar-refractivity contribution in [2.45, 2.75) is 13.0 Å². The third-order valence-corrected chi connectivity index (χ3v) is 5.09. The molecule has 1 atom stereocenters. The fourth-order valence-corrected chi connectivity index (χ4v) is 3.59. The van der Waals surface area contributed by atoms with Gasteiger partial charge in [0.05, 0.1) is 18.2 Å². The predicted molar refractivity (Wildman–Crippen MR) is 116 cm³/mol. The number of hydrogen-bond donors (Lipinski definition) is 2. The summed E-state index contributed by atoms with van der Waals surface area (Å²) in [6, 6.07) is 16.7. The Bertz CT molecular complexity index is 1170. The second-order valence-corrected chi connectivity index (χ2v) is 7.15. The van der Waals surface area contributed by atoms with Gasteiger partial charge in [-0.3, -0.25) is 4.98 Å². The molecule has 0 aliphatic carbocycles. The molecule has 4 aromatic rings. The largest absolute Gasteiger partial charge is 0.505 e. The smallest absolute Gasteiger partial charge is 0.147 e. The minimum absolute atomic E-state index is 0.146. The second-order valence-electron chi connectivity index (χ2n) is 6.74. The summed E-state index contributed by atoms with van der Waals surface area (Å²) in [5.74, 6) is 0.746. The van der Waals surface area contributed by atoms with E-state index in [1.165, 1.54) is 0 Å². The van der Waals surface area contributed by atoms with E-state index in [0.717, 1.165) is 22.3 Å². The highest BCUT2D eigenvalue weighted by Gasteiger charge is 2.20. The molecule has 0 saturated heterocycles. The van der Waals surface area contributed by atoms with E-state index in [-0.39, 0.29) is 11.8 Å². The zero-order valence-electron chi connectivity index (χ0n) is 16.1. The van der Waals surface area contributed by atoms with Crippen LogP contribution in [-0.2, 0) is 0 Å². The van der Waals surface area contributed by atoms with Gasteiger partial charge in [-0.1, -0.05) is 35.9 Å². The lowest BCUT2D eigenvalue weighted by Gasteiger charge is -2.22. The van der Waals surface area contributed by atoms with Crippen LogP contribution in [0.15, 0.2) is 67.0 Å². The Balaban J connectivity index is 1.82. The van der Waals surface area contributed by atoms with Crippen LogP contribution in [0.1, 0.15) is 22.9 Å². The van der Waals surface area contributed by atoms with Gasteiger partial charge in [0.2, 0.25) is 0 Å². The number of aromatic hydroxyl groups is 1. The summed E-state index contributed by atoms with van der Waals surface area (Å²) in [7, 11) is 1.58. The molecule has 2 aromatic carbocycles. The molecule has 1 unspecified atom stereocenters. The molecule has 0 aliphatic rings. The van der Waals surface area contributed by atoms with Crippen molar-refractivity contribution in [1.29, 1.82) is 0 Å². The molecule has 0 saturated carbocycles. The molecular weight excluding hydrogens is 386 g/mol. The number of phenolic OH excluding ortho intramolecular Hbond substituents is 1. The Labute approximate surface area is 174 Å². The number of anilines is 1. The molecule has 0 bridgehead atoms. The van der Waals surface area contributed by atoms with E-state index in [2.05, 4.69) is 15.3 Å². The number of rotatable bonds is 5. The molecule has 0 radical (unpaired) electrons. The summed E-state index contributed by atoms with van der Waals surface area (Å²) in [6.07, 6.45) is 3.49. The Hall–Kier alpha value is -3.31. The average molecular weight is 406 g/mol. The average Bonchev–Trinajstić information content (AvgIpc) is 2.74. The minimum Gasteiger partial charge on any atom is -0.505 e. The van der Waals surface area contributed by atoms with Crippen LogP contribution in [0.2, 0.25) is 5.02 Å². The van der Waals surface area contributed by atoms with Crippen LogP contribution in [0.4, 0.5) is 5.69 Å². The number of pyridine rings is 2. The summed E-state index contributed by atoms with van der Waals surface area (Å²) >= 11 is 6.30. The molecule has 2 aromatic heterocycles. The quantitative estimate of drug-likeness (QED) is 0.458. The zero-order chi connectivity index (χ0) is 20.4. The van der Waals surface area contributed by atoms with Crippen LogP contribution >= 0.6 is 11.6 Å². The van der Waals surface area contributed by atoms with Gasteiger partial charge in [-0.05, 0) is 42.8 Å². The molecule has 4 rings (SSSR count). The number of hydrogen-bond acceptors (Lipinski definition) is 5. The van der Waals surface area contributed by atoms with Gasteiger partial charge >= 0.3 is 0 Å². The molecule has 0 fully saturated rings. The molecule has 5 nitrogen and oxygen atoms in total. The van der Waals surface area contributed by atoms with Crippen molar-refractivity contribution in [3.63, 3.8) is 0 Å². The van der Waals surface area contributed by atoms with Crippen LogP contribution in [-0.4, -0.2) is 22.2 Å². The molecule has 29 heavy (non-hydrogen) atoms. The molecule has 0 spiro atoms. The molecule has 0 amide bonds. The Kier molecular flexibility index (Phi) is 5.23. The van der Waals surface area contributed by atoms with Crippen LogP contribution in [0.5, 0.6) is 11.5 Å². The Morgan fingerprint density at radius 1 is 1.10 bits per heavy atom. The van der Waals surface area contributed by atoms with Crippen molar-refractivity contribution in [3.8, 4) is 11.5 Å². The van der Waals surface area contributed by atoms with Gasteiger partial charge in [-0.2, -0.15) is 0 Å². The van der Waals surface area contributed by atoms with Gasteiger partial charge in [-0.15, -0.1) is 0 Å². The number of phenols is 1. The third-order valence-electron chi connectivity index (χ3n) is 4.80. The number of halogens is 1. The number of nitrogens with one attached hydrogen (secondary N) is 1. The van der Waals surface area contributed by atoms with E-state index >= 15 is 0 Å². The standard InChI is InChI=1S/C23H20ClN3O2/c1-14-5-6-15-7-9-18(23(28)22(15)26-14)21(16-4-3-11-25-13-16)27-17-8-10-20(29-2)19(24)12-17/h3-13,21,27-28H,1-2H3. The van der Waals surface area contributed by atoms with E-state index < -0.39 is 0 Å². The van der Waals surface area contributed by atoms with Crippen molar-refractivity contribution < 1.29 is 9.84 Å². The molecule has 2 heterocycles. The maximum Gasteiger partial charge on any atom is 0.147 e. The first-order chi connectivity index (χ1) is 14.1. The Morgan fingerprint density at radius 2 is 1.93 bits per heavy atom. The van der Waals surface area contributed by atoms with E-state index in [0.29, 0.717) is 21.9 Å². The number of methoxy groups -OCH3 is 1. The van der Waals surface area contributed by atoms with E-state index in [1.54, 1.807) is 31.6 Å². The summed E-state index contributed by atoms with van der Waals surface area (Å²) in [5, 5.41) is 15.9. The van der Waals surface area contributed by atoms with Gasteiger partial charge in [0, 0.05) is 34.7 Å². The van der Waals surface area contributed by atoms with E-state index in [4.69, 9.17) is 16.3 Å². The van der Waals surface area contributed by atoms with E-state index in [9.17, 15) is 5.11 Å². The van der Waals surface area contributed by atoms with E-state index in [1.807, 2.05) is 49.4 Å². The minimum atomic E-state index is -0.347. The van der Waals surface area contributed by atoms with Crippen molar-refractivity contribution in [2.75, 3.05) is 12.4 Å². The number of aryl methyl sites for hydroxylation is 1. The predicted octanol–water partition coefficient (Wildman–Crippen LogP) is 5.51. The maximum absolute atomic E-state index is 11.1. The number of nitrogens with zero attached hydrogens (tertiary/aromatic N) is 2. The highest BCUT2D eigenvalue weighted by molar-refractivity contribution is 6.32. The van der Waals surface area contributed by atoms with Gasteiger partial charge in [0.25, 0.3) is 0 Å². The van der Waals surface area contributed by atoms with Crippen molar-refractivity contribution in [3.05, 3.63) is 88.8 Å². The SMILES string of the molecule is COc1ccc(NC(c2cccnc2)c2ccc3ccc(C)nc3c2O)cc1Cl. The fraction of sp³-hybridized carbons (Fsp3) is 0.130. The molecule has 0 aliphatic heterocycles. The van der Waals surface area contributed by atoms with Crippen molar-refractivity contribution in [1.82, 2.24) is 9.97 Å². The lowest BCUT2D eigenvalue weighted by molar-refractivity contribution is 0.415. The monoisotopic (exact) mass is 405 g/mol. The Morgan fingerprint density at radius 3 is 2.66 bits per heavy atom. The number of aromatic nitrogens is 2. The molecular formula is C23H20ClN3O2. The first-order valence-electron chi connectivity index (χ1n) is 9.16. The van der Waals surface area contributed by atoms with Gasteiger partial charge in [0.15, 0.2) is 0 Å². The number of ether oxygens (including phenoxy) is 1. The van der Waals surface area contributed by atoms with Crippen LogP contribution in [0, 0.1) is 6.92 Å². The molecule has 146 valence electrons. The summed E-state index contributed by atoms with van der Waals surface area (Å²) in [5.41, 5.74) is 3.82. The van der Waals surface area contributed by atoms with Crippen molar-refractivity contribution >= 4 is 28.2 Å². The fourth-order valence-electron chi connectivity index (χ4n) is 3.33. The molecule has 6 heteroatoms. The molecule has 2 N–H and O–H groups in total. The first kappa shape index (κ1) is 19.0. The third kappa shape index (κ3) is 3.82. The highest BCUT2D eigenvalue weighted by Crippen LogP contribution is 2.37. The maximum atomic E-state index is 11.1. The topological polar surface area (TPSA) is 67.3 Å². The number of fused-ring (bicyclic) bond motifs is 1. The zero-order valence-corrected chi connectivity index (χ0v) is 16.8. The second kappa shape index (κ2) is 7.97. The first-order valence-corrected chi connectivity index (χ1v) is 9.54. The van der Waals surface area contributed by atoms with Crippen LogP contribution in [0.3, 0.4) is 0 Å². The summed E-state index contributed by atoms with van der Waals surface area (Å²) in [6.45, 7) is 1.90. The van der Waals surface area contributed by atoms with Crippen molar-refractivity contribution in [2.24, 2.45) is 0 Å². The van der Waals surface area contributed by atoms with Gasteiger partial charge < -0.3 is 15.2 Å². The lowest BCUT2D eigenvalue weighted by Crippen LogP contribution is -2.13. The van der Waals surface area contributed by atoms with Gasteiger partial charge in [0.1, 0.15) is 17.0 Å². The van der Waals surface area contributed by atoms with Gasteiger partial charge in [-0.25, -0.2) is 4.98 Å². The van der Waals surface area contributed by atoms with Crippen LogP contribution in [0.25, 0.3) is 10.9 Å². The van der Waals surface area contributed by atoms with Crippen LogP contribution < -0.4 is 10.1 Å². The number of benzene rings is 2. The summed E-state index contributed by atoms with van der Waals surface area (Å²) in [4.78, 5) is 8.77. The lowest BCUT2D eigenvalue weighted by atomic mass is 9.97.